The molecular weight excluding hydrogens is 500 g/mol. The zero-order chi connectivity index (χ0) is 29.3. The molecular formula is C24H42N6O8. The summed E-state index contributed by atoms with van der Waals surface area (Å²) in [6.45, 7) is 8.35. The topological polar surface area (TPSA) is 234 Å². The fourth-order valence-corrected chi connectivity index (χ4v) is 4.01. The van der Waals surface area contributed by atoms with Crippen LogP contribution in [-0.4, -0.2) is 93.5 Å². The molecule has 0 bridgehead atoms. The number of likely N-dealkylation sites (tertiary alicyclic amines) is 1. The van der Waals surface area contributed by atoms with Crippen molar-refractivity contribution in [2.45, 2.75) is 96.6 Å². The van der Waals surface area contributed by atoms with Crippen LogP contribution in [0.2, 0.25) is 0 Å². The van der Waals surface area contributed by atoms with E-state index in [4.69, 9.17) is 11.5 Å². The molecule has 0 aromatic heterocycles. The van der Waals surface area contributed by atoms with Gasteiger partial charge in [-0.2, -0.15) is 0 Å². The molecule has 0 radical (unpaired) electrons. The van der Waals surface area contributed by atoms with Gasteiger partial charge in [-0.15, -0.1) is 0 Å². The Bertz CT molecular complexity index is 893. The molecule has 1 fully saturated rings. The van der Waals surface area contributed by atoms with Crippen molar-refractivity contribution >= 4 is 35.5 Å². The highest BCUT2D eigenvalue weighted by atomic mass is 16.4. The smallest absolute Gasteiger partial charge is 0.326 e. The van der Waals surface area contributed by atoms with Crippen LogP contribution < -0.4 is 27.4 Å². The number of nitrogens with two attached hydrogens (primary N) is 2. The van der Waals surface area contributed by atoms with E-state index >= 15 is 0 Å². The Kier molecular flexibility index (Phi) is 12.6. The van der Waals surface area contributed by atoms with Crippen LogP contribution in [0.1, 0.15) is 60.3 Å². The summed E-state index contributed by atoms with van der Waals surface area (Å²) in [6, 6.07) is -5.72. The van der Waals surface area contributed by atoms with Gasteiger partial charge in [0, 0.05) is 13.0 Å². The molecule has 0 spiro atoms. The number of hydrogen-bond acceptors (Lipinski definition) is 8. The first-order valence-electron chi connectivity index (χ1n) is 12.7. The number of hydrogen-bond donors (Lipinski definition) is 7. The number of nitrogens with zero attached hydrogens (tertiary/aromatic N) is 1. The molecule has 0 unspecified atom stereocenters. The second-order valence-electron chi connectivity index (χ2n) is 10.3. The first-order valence-corrected chi connectivity index (χ1v) is 12.7. The molecule has 6 atom stereocenters. The molecule has 1 aliphatic heterocycles. The number of aliphatic carboxylic acids is 1. The van der Waals surface area contributed by atoms with E-state index in [1.165, 1.54) is 11.8 Å². The Morgan fingerprint density at radius 3 is 1.97 bits per heavy atom. The summed E-state index contributed by atoms with van der Waals surface area (Å²) >= 11 is 0. The van der Waals surface area contributed by atoms with Gasteiger partial charge in [-0.05, 0) is 38.0 Å². The summed E-state index contributed by atoms with van der Waals surface area (Å²) in [7, 11) is 0. The van der Waals surface area contributed by atoms with Crippen LogP contribution in [-0.2, 0) is 28.8 Å². The van der Waals surface area contributed by atoms with Gasteiger partial charge in [0.2, 0.25) is 29.5 Å². The van der Waals surface area contributed by atoms with E-state index in [2.05, 4.69) is 16.0 Å². The van der Waals surface area contributed by atoms with Gasteiger partial charge in [-0.1, -0.05) is 27.7 Å². The lowest BCUT2D eigenvalue weighted by molar-refractivity contribution is -0.145. The average molecular weight is 543 g/mol. The molecule has 5 amide bonds. The number of nitrogens with one attached hydrogen (secondary N) is 3. The van der Waals surface area contributed by atoms with E-state index in [1.807, 2.05) is 0 Å². The van der Waals surface area contributed by atoms with Crippen LogP contribution in [0.5, 0.6) is 0 Å². The third kappa shape index (κ3) is 9.24. The summed E-state index contributed by atoms with van der Waals surface area (Å²) in [6.07, 6.45) is -0.983. The van der Waals surface area contributed by atoms with Gasteiger partial charge in [0.05, 0.1) is 12.1 Å². The van der Waals surface area contributed by atoms with Crippen molar-refractivity contribution in [2.24, 2.45) is 23.3 Å². The molecule has 38 heavy (non-hydrogen) atoms. The monoisotopic (exact) mass is 542 g/mol. The maximum absolute atomic E-state index is 13.5. The molecule has 14 heteroatoms. The zero-order valence-electron chi connectivity index (χ0n) is 22.6. The number of aliphatic hydroxyl groups excluding tert-OH is 1. The Hall–Kier alpha value is -3.26. The number of carboxylic acids is 1. The summed E-state index contributed by atoms with van der Waals surface area (Å²) < 4.78 is 0. The van der Waals surface area contributed by atoms with Crippen LogP contribution in [0, 0.1) is 11.8 Å². The minimum Gasteiger partial charge on any atom is -0.480 e. The summed E-state index contributed by atoms with van der Waals surface area (Å²) in [4.78, 5) is 75.6. The molecule has 1 aliphatic rings. The molecule has 9 N–H and O–H groups in total. The molecule has 14 nitrogen and oxygen atoms in total. The molecule has 0 saturated carbocycles. The Labute approximate surface area is 222 Å². The molecule has 1 saturated heterocycles. The van der Waals surface area contributed by atoms with Crippen molar-refractivity contribution in [1.29, 1.82) is 0 Å². The van der Waals surface area contributed by atoms with Crippen molar-refractivity contribution in [3.05, 3.63) is 0 Å². The number of amides is 5. The minimum absolute atomic E-state index is 0.200. The lowest BCUT2D eigenvalue weighted by atomic mass is 10.00. The lowest BCUT2D eigenvalue weighted by Gasteiger charge is -2.32. The fourth-order valence-electron chi connectivity index (χ4n) is 4.01. The standard InChI is InChI=1S/C24H42N6O8/c1-11(2)17(26)21(34)29-19(13(5)31)22(35)28-18(12(3)4)23(36)30-10-6-7-15(30)20(33)27-14(24(37)38)8-9-16(25)32/h11-15,17-19,31H,6-10,26H2,1-5H3,(H2,25,32)(H,27,33)(H,28,35)(H,29,34)(H,37,38)/t13-,14+,15+,17+,18+,19+/m1/s1. The largest absolute Gasteiger partial charge is 0.480 e. The van der Waals surface area contributed by atoms with Gasteiger partial charge in [-0.25, -0.2) is 4.79 Å². The van der Waals surface area contributed by atoms with Crippen LogP contribution in [0.3, 0.4) is 0 Å². The van der Waals surface area contributed by atoms with Crippen molar-refractivity contribution in [3.63, 3.8) is 0 Å². The number of aliphatic hydroxyl groups is 1. The number of carbonyl (C=O) groups is 6. The molecule has 0 aromatic carbocycles. The normalized spacial score (nSPS) is 19.3. The molecule has 0 aliphatic carbocycles. The quantitative estimate of drug-likeness (QED) is 0.126. The van der Waals surface area contributed by atoms with Gasteiger partial charge in [0.15, 0.2) is 0 Å². The number of carboxylic acid groups (broad SMARTS) is 1. The Morgan fingerprint density at radius 1 is 0.921 bits per heavy atom. The van der Waals surface area contributed by atoms with E-state index in [0.29, 0.717) is 6.42 Å². The van der Waals surface area contributed by atoms with Crippen LogP contribution in [0.4, 0.5) is 0 Å². The van der Waals surface area contributed by atoms with Gasteiger partial charge < -0.3 is 42.5 Å². The minimum atomic E-state index is -1.37. The predicted molar refractivity (Wildman–Crippen MR) is 136 cm³/mol. The Balaban J connectivity index is 3.02. The average Bonchev–Trinajstić information content (AvgIpc) is 3.31. The Morgan fingerprint density at radius 2 is 1.50 bits per heavy atom. The zero-order valence-corrected chi connectivity index (χ0v) is 22.6. The third-order valence-corrected chi connectivity index (χ3v) is 6.45. The number of carbonyl (C=O) groups excluding carboxylic acids is 5. The molecule has 1 heterocycles. The van der Waals surface area contributed by atoms with E-state index in [0.717, 1.165) is 0 Å². The van der Waals surface area contributed by atoms with E-state index in [1.54, 1.807) is 27.7 Å². The fraction of sp³-hybridized carbons (Fsp3) is 0.750. The maximum atomic E-state index is 13.5. The first-order chi connectivity index (χ1) is 17.6. The van der Waals surface area contributed by atoms with E-state index < -0.39 is 77.7 Å². The molecule has 216 valence electrons. The second kappa shape index (κ2) is 14.6. The van der Waals surface area contributed by atoms with E-state index in [-0.39, 0.29) is 31.7 Å². The van der Waals surface area contributed by atoms with Crippen molar-refractivity contribution in [3.8, 4) is 0 Å². The van der Waals surface area contributed by atoms with Crippen molar-refractivity contribution in [1.82, 2.24) is 20.9 Å². The van der Waals surface area contributed by atoms with Crippen molar-refractivity contribution < 1.29 is 39.0 Å². The second-order valence-corrected chi connectivity index (χ2v) is 10.3. The van der Waals surface area contributed by atoms with Crippen LogP contribution in [0.25, 0.3) is 0 Å². The highest BCUT2D eigenvalue weighted by Crippen LogP contribution is 2.21. The highest BCUT2D eigenvalue weighted by molar-refractivity contribution is 5.96. The summed E-state index contributed by atoms with van der Waals surface area (Å²) in [5.74, 6) is -5.39. The third-order valence-electron chi connectivity index (χ3n) is 6.45. The molecule has 1 rings (SSSR count). The SMILES string of the molecule is CC(C)[C@H](N)C(=O)N[C@H](C(=O)N[C@H](C(=O)N1CCC[C@H]1C(=O)N[C@@H](CCC(N)=O)C(=O)O)C(C)C)[C@@H](C)O. The highest BCUT2D eigenvalue weighted by Gasteiger charge is 2.40. The van der Waals surface area contributed by atoms with Gasteiger partial charge in [0.1, 0.15) is 24.2 Å². The van der Waals surface area contributed by atoms with Crippen molar-refractivity contribution in [2.75, 3.05) is 6.54 Å². The summed E-state index contributed by atoms with van der Waals surface area (Å²) in [5.41, 5.74) is 10.9. The van der Waals surface area contributed by atoms with Gasteiger partial charge in [0.25, 0.3) is 0 Å². The number of rotatable bonds is 14. The van der Waals surface area contributed by atoms with Gasteiger partial charge in [-0.3, -0.25) is 24.0 Å². The summed E-state index contributed by atoms with van der Waals surface area (Å²) in [5, 5.41) is 26.9. The van der Waals surface area contributed by atoms with E-state index in [9.17, 15) is 39.0 Å². The predicted octanol–water partition coefficient (Wildman–Crippen LogP) is -2.20. The van der Waals surface area contributed by atoms with Crippen LogP contribution in [0.15, 0.2) is 0 Å². The first kappa shape index (κ1) is 32.8. The van der Waals surface area contributed by atoms with Crippen LogP contribution >= 0.6 is 0 Å². The maximum Gasteiger partial charge on any atom is 0.326 e. The lowest BCUT2D eigenvalue weighted by Crippen LogP contribution is -2.61. The number of primary amides is 1. The van der Waals surface area contributed by atoms with Gasteiger partial charge >= 0.3 is 5.97 Å². The molecule has 0 aromatic rings.